The molecular weight excluding hydrogens is 349 g/mol. The molecule has 0 radical (unpaired) electrons. The SMILES string of the molecule is O=C(Nc1ccc(F)cc1)c1ccc(NCc2ccc3c(c2)OCO3)nc1. The van der Waals surface area contributed by atoms with Crippen LogP contribution in [0.5, 0.6) is 11.5 Å². The Kier molecular flexibility index (Phi) is 4.57. The Morgan fingerprint density at radius 3 is 2.63 bits per heavy atom. The van der Waals surface area contributed by atoms with Crippen LogP contribution in [0.4, 0.5) is 15.9 Å². The predicted octanol–water partition coefficient (Wildman–Crippen LogP) is 3.81. The summed E-state index contributed by atoms with van der Waals surface area (Å²) >= 11 is 0. The maximum absolute atomic E-state index is 12.9. The van der Waals surface area contributed by atoms with Crippen molar-refractivity contribution in [3.63, 3.8) is 0 Å². The molecule has 0 aliphatic carbocycles. The third kappa shape index (κ3) is 3.98. The van der Waals surface area contributed by atoms with E-state index >= 15 is 0 Å². The number of carbonyl (C=O) groups is 1. The molecule has 7 heteroatoms. The van der Waals surface area contributed by atoms with Crippen LogP contribution >= 0.6 is 0 Å². The summed E-state index contributed by atoms with van der Waals surface area (Å²) in [5.41, 5.74) is 1.96. The smallest absolute Gasteiger partial charge is 0.257 e. The van der Waals surface area contributed by atoms with Crippen molar-refractivity contribution in [3.8, 4) is 11.5 Å². The first-order chi connectivity index (χ1) is 13.2. The monoisotopic (exact) mass is 365 g/mol. The van der Waals surface area contributed by atoms with Crippen LogP contribution in [-0.2, 0) is 6.54 Å². The summed E-state index contributed by atoms with van der Waals surface area (Å²) in [5, 5.41) is 5.89. The summed E-state index contributed by atoms with van der Waals surface area (Å²) in [7, 11) is 0. The Labute approximate surface area is 155 Å². The summed E-state index contributed by atoms with van der Waals surface area (Å²) in [4.78, 5) is 16.5. The summed E-state index contributed by atoms with van der Waals surface area (Å²) < 4.78 is 23.6. The van der Waals surface area contributed by atoms with E-state index in [2.05, 4.69) is 15.6 Å². The molecule has 0 bridgehead atoms. The second-order valence-corrected chi connectivity index (χ2v) is 5.93. The highest BCUT2D eigenvalue weighted by Gasteiger charge is 2.13. The molecule has 0 saturated carbocycles. The maximum atomic E-state index is 12.9. The highest BCUT2D eigenvalue weighted by Crippen LogP contribution is 2.32. The Bertz CT molecular complexity index is 959. The molecule has 1 aliphatic heterocycles. The quantitative estimate of drug-likeness (QED) is 0.719. The molecule has 0 spiro atoms. The van der Waals surface area contributed by atoms with Crippen molar-refractivity contribution < 1.29 is 18.7 Å². The normalized spacial score (nSPS) is 11.9. The lowest BCUT2D eigenvalue weighted by molar-refractivity contribution is 0.102. The van der Waals surface area contributed by atoms with Crippen LogP contribution in [0.2, 0.25) is 0 Å². The zero-order chi connectivity index (χ0) is 18.6. The molecule has 6 nitrogen and oxygen atoms in total. The van der Waals surface area contributed by atoms with Crippen LogP contribution < -0.4 is 20.1 Å². The van der Waals surface area contributed by atoms with Crippen molar-refractivity contribution in [3.05, 3.63) is 77.7 Å². The summed E-state index contributed by atoms with van der Waals surface area (Å²) in [6.45, 7) is 0.806. The van der Waals surface area contributed by atoms with Gasteiger partial charge in [-0.05, 0) is 54.1 Å². The van der Waals surface area contributed by atoms with E-state index in [-0.39, 0.29) is 18.5 Å². The summed E-state index contributed by atoms with van der Waals surface area (Å²) in [6.07, 6.45) is 1.49. The van der Waals surface area contributed by atoms with Crippen molar-refractivity contribution in [2.75, 3.05) is 17.4 Å². The summed E-state index contributed by atoms with van der Waals surface area (Å²) in [5.74, 6) is 1.46. The third-order valence-electron chi connectivity index (χ3n) is 4.04. The molecule has 0 unspecified atom stereocenters. The molecule has 27 heavy (non-hydrogen) atoms. The number of carbonyl (C=O) groups excluding carboxylic acids is 1. The molecule has 0 fully saturated rings. The first-order valence-corrected chi connectivity index (χ1v) is 8.33. The molecule has 4 rings (SSSR count). The van der Waals surface area contributed by atoms with Gasteiger partial charge in [-0.2, -0.15) is 0 Å². The molecule has 0 atom stereocenters. The number of halogens is 1. The molecule has 2 heterocycles. The van der Waals surface area contributed by atoms with Gasteiger partial charge in [0.1, 0.15) is 11.6 Å². The Hall–Kier alpha value is -3.61. The Morgan fingerprint density at radius 1 is 1.04 bits per heavy atom. The number of ether oxygens (including phenoxy) is 2. The Morgan fingerprint density at radius 2 is 1.85 bits per heavy atom. The number of hydrogen-bond donors (Lipinski definition) is 2. The fourth-order valence-electron chi connectivity index (χ4n) is 2.61. The minimum atomic E-state index is -0.354. The topological polar surface area (TPSA) is 72.5 Å². The number of fused-ring (bicyclic) bond motifs is 1. The second kappa shape index (κ2) is 7.33. The molecule has 0 saturated heterocycles. The van der Waals surface area contributed by atoms with Gasteiger partial charge in [0.2, 0.25) is 6.79 Å². The lowest BCUT2D eigenvalue weighted by atomic mass is 10.2. The van der Waals surface area contributed by atoms with Gasteiger partial charge in [0.05, 0.1) is 5.56 Å². The zero-order valence-electron chi connectivity index (χ0n) is 14.2. The number of rotatable bonds is 5. The number of aromatic nitrogens is 1. The van der Waals surface area contributed by atoms with E-state index in [0.717, 1.165) is 17.1 Å². The van der Waals surface area contributed by atoms with Gasteiger partial charge in [0.15, 0.2) is 11.5 Å². The van der Waals surface area contributed by atoms with Crippen LogP contribution in [0.15, 0.2) is 60.8 Å². The highest BCUT2D eigenvalue weighted by molar-refractivity contribution is 6.04. The van der Waals surface area contributed by atoms with Crippen molar-refractivity contribution in [2.45, 2.75) is 6.54 Å². The van der Waals surface area contributed by atoms with Gasteiger partial charge in [-0.15, -0.1) is 0 Å². The van der Waals surface area contributed by atoms with Crippen LogP contribution in [0, 0.1) is 5.82 Å². The second-order valence-electron chi connectivity index (χ2n) is 5.93. The van der Waals surface area contributed by atoms with Crippen molar-refractivity contribution in [1.29, 1.82) is 0 Å². The number of amides is 1. The van der Waals surface area contributed by atoms with Crippen molar-refractivity contribution in [2.24, 2.45) is 0 Å². The summed E-state index contributed by atoms with van der Waals surface area (Å²) in [6, 6.07) is 14.7. The highest BCUT2D eigenvalue weighted by atomic mass is 19.1. The van der Waals surface area contributed by atoms with Crippen LogP contribution in [0.3, 0.4) is 0 Å². The van der Waals surface area contributed by atoms with E-state index in [1.54, 1.807) is 12.1 Å². The van der Waals surface area contributed by atoms with Crippen LogP contribution in [-0.4, -0.2) is 17.7 Å². The maximum Gasteiger partial charge on any atom is 0.257 e. The fraction of sp³-hybridized carbons (Fsp3) is 0.100. The van der Waals surface area contributed by atoms with Gasteiger partial charge >= 0.3 is 0 Å². The van der Waals surface area contributed by atoms with E-state index in [1.165, 1.54) is 30.5 Å². The van der Waals surface area contributed by atoms with Crippen LogP contribution in [0.1, 0.15) is 15.9 Å². The third-order valence-corrected chi connectivity index (χ3v) is 4.04. The average Bonchev–Trinajstić information content (AvgIpc) is 3.16. The van der Waals surface area contributed by atoms with E-state index in [4.69, 9.17) is 9.47 Å². The molecule has 1 aromatic heterocycles. The van der Waals surface area contributed by atoms with Crippen LogP contribution in [0.25, 0.3) is 0 Å². The number of pyridine rings is 1. The minimum Gasteiger partial charge on any atom is -0.454 e. The van der Waals surface area contributed by atoms with Gasteiger partial charge in [0, 0.05) is 18.4 Å². The molecule has 3 aromatic rings. The number of benzene rings is 2. The Balaban J connectivity index is 1.35. The van der Waals surface area contributed by atoms with Gasteiger partial charge < -0.3 is 20.1 Å². The molecule has 1 amide bonds. The first-order valence-electron chi connectivity index (χ1n) is 8.33. The minimum absolute atomic E-state index is 0.245. The molecule has 136 valence electrons. The van der Waals surface area contributed by atoms with Gasteiger partial charge in [-0.1, -0.05) is 6.07 Å². The van der Waals surface area contributed by atoms with E-state index < -0.39 is 0 Å². The standard InChI is InChI=1S/C20H16FN3O3/c21-15-3-5-16(6-4-15)24-20(25)14-2-8-19(23-11-14)22-10-13-1-7-17-18(9-13)27-12-26-17/h1-9,11H,10,12H2,(H,22,23)(H,24,25). The number of nitrogens with zero attached hydrogens (tertiary/aromatic N) is 1. The van der Waals surface area contributed by atoms with Gasteiger partial charge in [0.25, 0.3) is 5.91 Å². The van der Waals surface area contributed by atoms with Gasteiger partial charge in [-0.25, -0.2) is 9.37 Å². The number of anilines is 2. The van der Waals surface area contributed by atoms with Crippen molar-refractivity contribution >= 4 is 17.4 Å². The molecule has 2 aromatic carbocycles. The number of hydrogen-bond acceptors (Lipinski definition) is 5. The van der Waals surface area contributed by atoms with Crippen molar-refractivity contribution in [1.82, 2.24) is 4.98 Å². The lowest BCUT2D eigenvalue weighted by Gasteiger charge is -2.08. The largest absolute Gasteiger partial charge is 0.454 e. The van der Waals surface area contributed by atoms with E-state index in [1.807, 2.05) is 18.2 Å². The molecule has 2 N–H and O–H groups in total. The average molecular weight is 365 g/mol. The lowest BCUT2D eigenvalue weighted by Crippen LogP contribution is -2.12. The first kappa shape index (κ1) is 16.8. The molecular formula is C20H16FN3O3. The van der Waals surface area contributed by atoms with E-state index in [0.29, 0.717) is 23.6 Å². The zero-order valence-corrected chi connectivity index (χ0v) is 14.2. The fourth-order valence-corrected chi connectivity index (χ4v) is 2.61. The van der Waals surface area contributed by atoms with E-state index in [9.17, 15) is 9.18 Å². The predicted molar refractivity (Wildman–Crippen MR) is 98.5 cm³/mol. The number of nitrogens with one attached hydrogen (secondary N) is 2. The van der Waals surface area contributed by atoms with Gasteiger partial charge in [-0.3, -0.25) is 4.79 Å². The molecule has 1 aliphatic rings.